The monoisotopic (exact) mass is 221 g/mol. The summed E-state index contributed by atoms with van der Waals surface area (Å²) in [4.78, 5) is 4.60. The van der Waals surface area contributed by atoms with Crippen molar-refractivity contribution in [2.24, 2.45) is 0 Å². The molecule has 0 aromatic carbocycles. The van der Waals surface area contributed by atoms with Crippen molar-refractivity contribution >= 4 is 0 Å². The maximum atomic E-state index is 5.43. The summed E-state index contributed by atoms with van der Waals surface area (Å²) in [5.74, 6) is 2.24. The van der Waals surface area contributed by atoms with Gasteiger partial charge in [-0.15, -0.1) is 0 Å². The van der Waals surface area contributed by atoms with Crippen molar-refractivity contribution in [2.45, 2.75) is 56.9 Å². The molecule has 1 saturated carbocycles. The zero-order valence-corrected chi connectivity index (χ0v) is 9.99. The highest BCUT2D eigenvalue weighted by atomic mass is 16.5. The van der Waals surface area contributed by atoms with E-state index in [1.165, 1.54) is 12.8 Å². The fourth-order valence-electron chi connectivity index (χ4n) is 2.41. The van der Waals surface area contributed by atoms with Crippen LogP contribution in [0.2, 0.25) is 0 Å². The molecule has 4 heteroatoms. The minimum atomic E-state index is 0.223. The van der Waals surface area contributed by atoms with Crippen LogP contribution in [0.5, 0.6) is 0 Å². The average molecular weight is 221 g/mol. The van der Waals surface area contributed by atoms with Crippen molar-refractivity contribution in [1.82, 2.24) is 15.5 Å². The first kappa shape index (κ1) is 10.3. The predicted octanol–water partition coefficient (Wildman–Crippen LogP) is 1.98. The second-order valence-electron chi connectivity index (χ2n) is 5.59. The number of aromatic nitrogens is 2. The normalized spacial score (nSPS) is 32.6. The third kappa shape index (κ3) is 1.75. The van der Waals surface area contributed by atoms with E-state index in [0.29, 0.717) is 12.0 Å². The Balaban J connectivity index is 1.76. The van der Waals surface area contributed by atoms with Gasteiger partial charge in [0.25, 0.3) is 0 Å². The van der Waals surface area contributed by atoms with Gasteiger partial charge in [0, 0.05) is 17.4 Å². The third-order valence-corrected chi connectivity index (χ3v) is 3.95. The molecule has 1 N–H and O–H groups in total. The average Bonchev–Trinajstić information content (AvgIpc) is 2.83. The second-order valence-corrected chi connectivity index (χ2v) is 5.59. The summed E-state index contributed by atoms with van der Waals surface area (Å²) in [6.45, 7) is 5.49. The molecule has 0 radical (unpaired) electrons. The van der Waals surface area contributed by atoms with Gasteiger partial charge in [-0.3, -0.25) is 0 Å². The van der Waals surface area contributed by atoms with Crippen LogP contribution in [0.15, 0.2) is 4.52 Å². The highest BCUT2D eigenvalue weighted by molar-refractivity contribution is 5.15. The van der Waals surface area contributed by atoms with Gasteiger partial charge < -0.3 is 9.84 Å². The van der Waals surface area contributed by atoms with Gasteiger partial charge in [0.1, 0.15) is 0 Å². The number of nitrogens with one attached hydrogen (secondary N) is 1. The molecule has 2 unspecified atom stereocenters. The van der Waals surface area contributed by atoms with E-state index in [-0.39, 0.29) is 5.41 Å². The highest BCUT2D eigenvalue weighted by Crippen LogP contribution is 2.46. The first-order chi connectivity index (χ1) is 7.67. The van der Waals surface area contributed by atoms with Gasteiger partial charge >= 0.3 is 0 Å². The minimum Gasteiger partial charge on any atom is -0.339 e. The molecule has 16 heavy (non-hydrogen) atoms. The summed E-state index contributed by atoms with van der Waals surface area (Å²) >= 11 is 0. The van der Waals surface area contributed by atoms with Crippen molar-refractivity contribution in [1.29, 1.82) is 0 Å². The summed E-state index contributed by atoms with van der Waals surface area (Å²) in [5.41, 5.74) is 0.223. The van der Waals surface area contributed by atoms with Gasteiger partial charge in [-0.25, -0.2) is 0 Å². The van der Waals surface area contributed by atoms with Crippen molar-refractivity contribution in [3.8, 4) is 0 Å². The maximum absolute atomic E-state index is 5.43. The molecule has 4 nitrogen and oxygen atoms in total. The van der Waals surface area contributed by atoms with E-state index < -0.39 is 0 Å². The van der Waals surface area contributed by atoms with Crippen LogP contribution in [0, 0.1) is 0 Å². The fraction of sp³-hybridized carbons (Fsp3) is 0.833. The largest absolute Gasteiger partial charge is 0.339 e. The maximum Gasteiger partial charge on any atom is 0.229 e. The van der Waals surface area contributed by atoms with Gasteiger partial charge in [0.15, 0.2) is 5.82 Å². The molecule has 1 aromatic rings. The Bertz CT molecular complexity index is 383. The molecule has 2 atom stereocenters. The van der Waals surface area contributed by atoms with Crippen molar-refractivity contribution in [3.63, 3.8) is 0 Å². The van der Waals surface area contributed by atoms with Crippen LogP contribution in [0.4, 0.5) is 0 Å². The van der Waals surface area contributed by atoms with E-state index in [1.54, 1.807) is 0 Å². The standard InChI is InChI=1S/C12H19N3O/c1-8-7-9(3-6-13-8)10-14-11(15-16-10)12(2)4-5-12/h8-9,13H,3-7H2,1-2H3. The van der Waals surface area contributed by atoms with Gasteiger partial charge in [0.2, 0.25) is 5.89 Å². The lowest BCUT2D eigenvalue weighted by Crippen LogP contribution is -2.35. The lowest BCUT2D eigenvalue weighted by atomic mass is 9.93. The van der Waals surface area contributed by atoms with Crippen LogP contribution in [-0.2, 0) is 5.41 Å². The molecule has 2 aliphatic rings. The summed E-state index contributed by atoms with van der Waals surface area (Å²) in [5, 5.41) is 7.58. The van der Waals surface area contributed by atoms with E-state index in [4.69, 9.17) is 4.52 Å². The zero-order valence-electron chi connectivity index (χ0n) is 9.99. The van der Waals surface area contributed by atoms with Gasteiger partial charge in [-0.2, -0.15) is 4.98 Å². The summed E-state index contributed by atoms with van der Waals surface area (Å²) in [6.07, 6.45) is 4.63. The molecule has 1 aliphatic heterocycles. The van der Waals surface area contributed by atoms with Crippen molar-refractivity contribution in [3.05, 3.63) is 11.7 Å². The van der Waals surface area contributed by atoms with E-state index in [2.05, 4.69) is 29.3 Å². The van der Waals surface area contributed by atoms with E-state index in [9.17, 15) is 0 Å². The molecule has 2 fully saturated rings. The van der Waals surface area contributed by atoms with Gasteiger partial charge in [0.05, 0.1) is 0 Å². The Morgan fingerprint density at radius 3 is 2.94 bits per heavy atom. The summed E-state index contributed by atoms with van der Waals surface area (Å²) < 4.78 is 5.43. The number of piperidine rings is 1. The van der Waals surface area contributed by atoms with Crippen LogP contribution >= 0.6 is 0 Å². The number of hydrogen-bond donors (Lipinski definition) is 1. The minimum absolute atomic E-state index is 0.223. The molecule has 2 heterocycles. The van der Waals surface area contributed by atoms with Crippen LogP contribution in [0.3, 0.4) is 0 Å². The van der Waals surface area contributed by atoms with Gasteiger partial charge in [-0.1, -0.05) is 12.1 Å². The molecular formula is C12H19N3O. The topological polar surface area (TPSA) is 51.0 Å². The van der Waals surface area contributed by atoms with Crippen molar-refractivity contribution in [2.75, 3.05) is 6.54 Å². The quantitative estimate of drug-likeness (QED) is 0.829. The Labute approximate surface area is 95.8 Å². The molecule has 1 aliphatic carbocycles. The molecular weight excluding hydrogens is 202 g/mol. The van der Waals surface area contributed by atoms with E-state index >= 15 is 0 Å². The Morgan fingerprint density at radius 1 is 1.44 bits per heavy atom. The van der Waals surface area contributed by atoms with Crippen LogP contribution < -0.4 is 5.32 Å². The molecule has 0 amide bonds. The van der Waals surface area contributed by atoms with Gasteiger partial charge in [-0.05, 0) is 39.2 Å². The zero-order chi connectivity index (χ0) is 11.2. The Morgan fingerprint density at radius 2 is 2.25 bits per heavy atom. The number of hydrogen-bond acceptors (Lipinski definition) is 4. The van der Waals surface area contributed by atoms with Crippen LogP contribution in [-0.4, -0.2) is 22.7 Å². The SMILES string of the molecule is CC1CC(c2nc(C3(C)CC3)no2)CCN1. The van der Waals surface area contributed by atoms with Crippen LogP contribution in [0.25, 0.3) is 0 Å². The lowest BCUT2D eigenvalue weighted by molar-refractivity contribution is 0.293. The number of nitrogens with zero attached hydrogens (tertiary/aromatic N) is 2. The first-order valence-corrected chi connectivity index (χ1v) is 6.25. The van der Waals surface area contributed by atoms with Crippen molar-refractivity contribution < 1.29 is 4.52 Å². The summed E-state index contributed by atoms with van der Waals surface area (Å²) in [6, 6.07) is 0.561. The highest BCUT2D eigenvalue weighted by Gasteiger charge is 2.44. The summed E-state index contributed by atoms with van der Waals surface area (Å²) in [7, 11) is 0. The Kier molecular flexibility index (Phi) is 2.28. The first-order valence-electron chi connectivity index (χ1n) is 6.25. The third-order valence-electron chi connectivity index (χ3n) is 3.95. The second kappa shape index (κ2) is 3.55. The fourth-order valence-corrected chi connectivity index (χ4v) is 2.41. The molecule has 0 spiro atoms. The molecule has 0 bridgehead atoms. The van der Waals surface area contributed by atoms with E-state index in [1.807, 2.05) is 0 Å². The predicted molar refractivity (Wildman–Crippen MR) is 60.3 cm³/mol. The number of rotatable bonds is 2. The Hall–Kier alpha value is -0.900. The molecule has 3 rings (SSSR count). The molecule has 88 valence electrons. The van der Waals surface area contributed by atoms with E-state index in [0.717, 1.165) is 31.1 Å². The lowest BCUT2D eigenvalue weighted by Gasteiger charge is -2.25. The smallest absolute Gasteiger partial charge is 0.229 e. The molecule has 1 aromatic heterocycles. The molecule has 1 saturated heterocycles. The van der Waals surface area contributed by atoms with Crippen LogP contribution in [0.1, 0.15) is 57.2 Å².